The van der Waals surface area contributed by atoms with Gasteiger partial charge >= 0.3 is 0 Å². The number of nitrogens with zero attached hydrogens (tertiary/aromatic N) is 5. The van der Waals surface area contributed by atoms with Crippen molar-refractivity contribution in [1.29, 1.82) is 5.26 Å². The van der Waals surface area contributed by atoms with Crippen LogP contribution in [0.3, 0.4) is 0 Å². The molecule has 17 heavy (non-hydrogen) atoms. The van der Waals surface area contributed by atoms with Crippen LogP contribution in [-0.2, 0) is 0 Å². The Morgan fingerprint density at radius 1 is 1.59 bits per heavy atom. The number of hydrogen-bond acceptors (Lipinski definition) is 5. The predicted molar refractivity (Wildman–Crippen MR) is 65.7 cm³/mol. The Morgan fingerprint density at radius 3 is 3.12 bits per heavy atom. The summed E-state index contributed by atoms with van der Waals surface area (Å²) in [6, 6.07) is 2.62. The summed E-state index contributed by atoms with van der Waals surface area (Å²) in [5.74, 6) is 0.784. The summed E-state index contributed by atoms with van der Waals surface area (Å²) in [6.07, 6.45) is 5.43. The molecule has 1 aromatic rings. The first-order valence-corrected chi connectivity index (χ1v) is 5.84. The molecule has 0 N–H and O–H groups in total. The van der Waals surface area contributed by atoms with Crippen LogP contribution in [0.15, 0.2) is 12.5 Å². The minimum absolute atomic E-state index is 0.451. The van der Waals surface area contributed by atoms with Crippen molar-refractivity contribution in [2.24, 2.45) is 0 Å². The molecule has 0 aromatic carbocycles. The van der Waals surface area contributed by atoms with Gasteiger partial charge in [-0.2, -0.15) is 5.26 Å². The number of rotatable bonds is 3. The van der Waals surface area contributed by atoms with E-state index in [0.717, 1.165) is 31.7 Å². The lowest BCUT2D eigenvalue weighted by Gasteiger charge is -2.28. The molecule has 1 saturated heterocycles. The molecule has 0 aliphatic carbocycles. The third-order valence-electron chi connectivity index (χ3n) is 3.04. The zero-order valence-electron chi connectivity index (χ0n) is 10.3. The molecule has 1 aliphatic heterocycles. The summed E-state index contributed by atoms with van der Waals surface area (Å²) in [7, 11) is 4.14. The van der Waals surface area contributed by atoms with E-state index in [9.17, 15) is 0 Å². The Hall–Kier alpha value is -1.67. The average Bonchev–Trinajstić information content (AvgIpc) is 2.76. The summed E-state index contributed by atoms with van der Waals surface area (Å²) in [5.41, 5.74) is 0.568. The maximum Gasteiger partial charge on any atom is 0.150 e. The van der Waals surface area contributed by atoms with E-state index in [1.807, 2.05) is 0 Å². The maximum atomic E-state index is 9.08. The molecule has 5 nitrogen and oxygen atoms in total. The summed E-state index contributed by atoms with van der Waals surface area (Å²) in [5, 5.41) is 9.08. The van der Waals surface area contributed by atoms with Gasteiger partial charge < -0.3 is 9.80 Å². The van der Waals surface area contributed by atoms with E-state index in [1.165, 1.54) is 6.33 Å². The van der Waals surface area contributed by atoms with E-state index in [1.54, 1.807) is 6.20 Å². The van der Waals surface area contributed by atoms with Crippen LogP contribution in [0.4, 0.5) is 5.82 Å². The van der Waals surface area contributed by atoms with Gasteiger partial charge in [-0.15, -0.1) is 0 Å². The monoisotopic (exact) mass is 231 g/mol. The van der Waals surface area contributed by atoms with Crippen molar-refractivity contribution in [3.63, 3.8) is 0 Å². The van der Waals surface area contributed by atoms with E-state index in [2.05, 4.69) is 39.9 Å². The summed E-state index contributed by atoms with van der Waals surface area (Å²) in [6.45, 7) is 1.97. The highest BCUT2D eigenvalue weighted by Gasteiger charge is 2.27. The first-order chi connectivity index (χ1) is 8.22. The minimum atomic E-state index is 0.451. The topological polar surface area (TPSA) is 56.1 Å². The van der Waals surface area contributed by atoms with Gasteiger partial charge in [0.25, 0.3) is 0 Å². The van der Waals surface area contributed by atoms with Crippen molar-refractivity contribution in [2.45, 2.75) is 18.9 Å². The zero-order valence-corrected chi connectivity index (χ0v) is 10.3. The summed E-state index contributed by atoms with van der Waals surface area (Å²) in [4.78, 5) is 12.6. The third kappa shape index (κ3) is 2.53. The molecule has 1 fully saturated rings. The number of likely N-dealkylation sites (N-methyl/N-ethyl adjacent to an activating group) is 1. The van der Waals surface area contributed by atoms with Crippen molar-refractivity contribution in [3.05, 3.63) is 18.1 Å². The lowest BCUT2D eigenvalue weighted by molar-refractivity contribution is 0.371. The molecule has 5 heteroatoms. The molecule has 0 saturated carbocycles. The second kappa shape index (κ2) is 5.11. The van der Waals surface area contributed by atoms with Crippen LogP contribution in [0.5, 0.6) is 0 Å². The number of nitriles is 1. The minimum Gasteiger partial charge on any atom is -0.351 e. The van der Waals surface area contributed by atoms with E-state index >= 15 is 0 Å². The smallest absolute Gasteiger partial charge is 0.150 e. The van der Waals surface area contributed by atoms with Gasteiger partial charge in [-0.25, -0.2) is 9.97 Å². The molecular weight excluding hydrogens is 214 g/mol. The number of aromatic nitrogens is 2. The largest absolute Gasteiger partial charge is 0.351 e. The molecule has 0 spiro atoms. The summed E-state index contributed by atoms with van der Waals surface area (Å²) >= 11 is 0. The Balaban J connectivity index is 2.23. The Labute approximate surface area is 102 Å². The highest BCUT2D eigenvalue weighted by molar-refractivity contribution is 5.53. The van der Waals surface area contributed by atoms with Gasteiger partial charge in [0.2, 0.25) is 0 Å². The normalized spacial score (nSPS) is 19.6. The summed E-state index contributed by atoms with van der Waals surface area (Å²) < 4.78 is 0. The van der Waals surface area contributed by atoms with E-state index in [4.69, 9.17) is 5.26 Å². The highest BCUT2D eigenvalue weighted by Crippen LogP contribution is 2.26. The van der Waals surface area contributed by atoms with Crippen molar-refractivity contribution in [2.75, 3.05) is 32.1 Å². The molecule has 2 heterocycles. The Kier molecular flexibility index (Phi) is 3.55. The van der Waals surface area contributed by atoms with Gasteiger partial charge in [0, 0.05) is 19.1 Å². The fraction of sp³-hybridized carbons (Fsp3) is 0.583. The second-order valence-electron chi connectivity index (χ2n) is 4.62. The van der Waals surface area contributed by atoms with Crippen LogP contribution in [0.25, 0.3) is 0 Å². The predicted octanol–water partition coefficient (Wildman–Crippen LogP) is 0.879. The average molecular weight is 231 g/mol. The van der Waals surface area contributed by atoms with Gasteiger partial charge in [-0.05, 0) is 26.9 Å². The molecule has 0 amide bonds. The molecule has 0 radical (unpaired) electrons. The molecular formula is C12H17N5. The molecule has 90 valence electrons. The van der Waals surface area contributed by atoms with E-state index in [0.29, 0.717) is 11.6 Å². The van der Waals surface area contributed by atoms with Crippen molar-refractivity contribution >= 4 is 5.82 Å². The van der Waals surface area contributed by atoms with Crippen molar-refractivity contribution < 1.29 is 0 Å². The molecule has 1 unspecified atom stereocenters. The first kappa shape index (κ1) is 11.8. The van der Waals surface area contributed by atoms with Crippen molar-refractivity contribution in [3.8, 4) is 6.07 Å². The molecule has 2 rings (SSSR count). The quantitative estimate of drug-likeness (QED) is 0.773. The highest BCUT2D eigenvalue weighted by atomic mass is 15.3. The SMILES string of the molecule is CN(C)CC1CCCN1c1ncncc1C#N. The fourth-order valence-electron chi connectivity index (χ4n) is 2.36. The zero-order chi connectivity index (χ0) is 12.3. The van der Waals surface area contributed by atoms with Crippen LogP contribution in [0.2, 0.25) is 0 Å². The standard InChI is InChI=1S/C12H17N5/c1-16(2)8-11-4-3-5-17(11)12-10(6-13)7-14-9-15-12/h7,9,11H,3-5,8H2,1-2H3. The fourth-order valence-corrected chi connectivity index (χ4v) is 2.36. The lowest BCUT2D eigenvalue weighted by Crippen LogP contribution is -2.38. The van der Waals surface area contributed by atoms with Crippen LogP contribution < -0.4 is 4.90 Å². The number of anilines is 1. The van der Waals surface area contributed by atoms with Crippen LogP contribution in [0.1, 0.15) is 18.4 Å². The Bertz CT molecular complexity index is 423. The third-order valence-corrected chi connectivity index (χ3v) is 3.04. The second-order valence-corrected chi connectivity index (χ2v) is 4.62. The van der Waals surface area contributed by atoms with Gasteiger partial charge in [-0.1, -0.05) is 0 Å². The van der Waals surface area contributed by atoms with Gasteiger partial charge in [0.05, 0.1) is 6.20 Å². The lowest BCUT2D eigenvalue weighted by atomic mass is 10.2. The molecule has 1 aromatic heterocycles. The first-order valence-electron chi connectivity index (χ1n) is 5.84. The molecule has 1 aliphatic rings. The van der Waals surface area contributed by atoms with Crippen LogP contribution >= 0.6 is 0 Å². The van der Waals surface area contributed by atoms with E-state index in [-0.39, 0.29) is 0 Å². The molecule has 0 bridgehead atoms. The molecule has 1 atom stereocenters. The van der Waals surface area contributed by atoms with Gasteiger partial charge in [-0.3, -0.25) is 0 Å². The van der Waals surface area contributed by atoms with Gasteiger partial charge in [0.15, 0.2) is 0 Å². The van der Waals surface area contributed by atoms with E-state index < -0.39 is 0 Å². The van der Waals surface area contributed by atoms with Crippen LogP contribution in [-0.4, -0.2) is 48.1 Å². The van der Waals surface area contributed by atoms with Gasteiger partial charge in [0.1, 0.15) is 23.8 Å². The van der Waals surface area contributed by atoms with Crippen molar-refractivity contribution in [1.82, 2.24) is 14.9 Å². The van der Waals surface area contributed by atoms with Crippen LogP contribution in [0, 0.1) is 11.3 Å². The number of hydrogen-bond donors (Lipinski definition) is 0. The Morgan fingerprint density at radius 2 is 2.41 bits per heavy atom. The maximum absolute atomic E-state index is 9.08.